The van der Waals surface area contributed by atoms with Crippen molar-refractivity contribution < 1.29 is 9.47 Å². The highest BCUT2D eigenvalue weighted by Crippen LogP contribution is 2.40. The SMILES string of the molecule is COc1cc(OC)c(Cl)c(CCn2ccc(N)n2)c1Cl. The highest BCUT2D eigenvalue weighted by Gasteiger charge is 2.17. The lowest BCUT2D eigenvalue weighted by molar-refractivity contribution is 0.393. The minimum absolute atomic E-state index is 0.477. The number of benzene rings is 1. The molecule has 0 saturated carbocycles. The van der Waals surface area contributed by atoms with Gasteiger partial charge in [0.1, 0.15) is 17.3 Å². The number of hydrogen-bond acceptors (Lipinski definition) is 4. The van der Waals surface area contributed by atoms with Crippen LogP contribution in [-0.4, -0.2) is 24.0 Å². The van der Waals surface area contributed by atoms with E-state index in [0.717, 1.165) is 5.56 Å². The molecule has 2 N–H and O–H groups in total. The van der Waals surface area contributed by atoms with Gasteiger partial charge in [-0.2, -0.15) is 5.10 Å². The fourth-order valence-corrected chi connectivity index (χ4v) is 2.57. The maximum atomic E-state index is 6.30. The third-order valence-corrected chi connectivity index (χ3v) is 3.75. The van der Waals surface area contributed by atoms with Crippen LogP contribution >= 0.6 is 23.2 Å². The van der Waals surface area contributed by atoms with Gasteiger partial charge >= 0.3 is 0 Å². The van der Waals surface area contributed by atoms with E-state index in [4.69, 9.17) is 38.4 Å². The predicted molar refractivity (Wildman–Crippen MR) is 79.9 cm³/mol. The molecule has 1 aromatic carbocycles. The Hall–Kier alpha value is -1.59. The van der Waals surface area contributed by atoms with E-state index in [1.54, 1.807) is 37.2 Å². The summed E-state index contributed by atoms with van der Waals surface area (Å²) in [5.41, 5.74) is 6.34. The molecule has 0 atom stereocenters. The van der Waals surface area contributed by atoms with Gasteiger partial charge in [-0.05, 0) is 18.1 Å². The van der Waals surface area contributed by atoms with Crippen molar-refractivity contribution in [1.82, 2.24) is 9.78 Å². The van der Waals surface area contributed by atoms with Crippen molar-refractivity contribution >= 4 is 29.0 Å². The number of hydrogen-bond donors (Lipinski definition) is 1. The minimum Gasteiger partial charge on any atom is -0.495 e. The van der Waals surface area contributed by atoms with Gasteiger partial charge in [-0.3, -0.25) is 4.68 Å². The Morgan fingerprint density at radius 2 is 1.80 bits per heavy atom. The van der Waals surface area contributed by atoms with Crippen LogP contribution in [0.4, 0.5) is 5.82 Å². The zero-order valence-electron chi connectivity index (χ0n) is 11.2. The Morgan fingerprint density at radius 3 is 2.25 bits per heavy atom. The molecule has 0 saturated heterocycles. The van der Waals surface area contributed by atoms with E-state index >= 15 is 0 Å². The molecule has 0 spiro atoms. The second kappa shape index (κ2) is 6.24. The summed E-state index contributed by atoms with van der Waals surface area (Å²) >= 11 is 12.6. The number of aromatic nitrogens is 2. The van der Waals surface area contributed by atoms with E-state index in [2.05, 4.69) is 5.10 Å². The van der Waals surface area contributed by atoms with E-state index < -0.39 is 0 Å². The summed E-state index contributed by atoms with van der Waals surface area (Å²) in [6.45, 7) is 0.604. The molecule has 1 heterocycles. The molecule has 0 unspecified atom stereocenters. The average Bonchev–Trinajstić information content (AvgIpc) is 2.85. The van der Waals surface area contributed by atoms with Gasteiger partial charge in [0.05, 0.1) is 24.3 Å². The van der Waals surface area contributed by atoms with E-state index in [1.807, 2.05) is 0 Å². The van der Waals surface area contributed by atoms with E-state index in [1.165, 1.54) is 0 Å². The van der Waals surface area contributed by atoms with E-state index in [0.29, 0.717) is 40.3 Å². The van der Waals surface area contributed by atoms with Gasteiger partial charge in [-0.25, -0.2) is 0 Å². The summed E-state index contributed by atoms with van der Waals surface area (Å²) in [5, 5.41) is 5.09. The molecule has 0 amide bonds. The fourth-order valence-electron chi connectivity index (χ4n) is 1.88. The number of rotatable bonds is 5. The van der Waals surface area contributed by atoms with Gasteiger partial charge in [0.2, 0.25) is 0 Å². The third-order valence-electron chi connectivity index (χ3n) is 2.92. The quantitative estimate of drug-likeness (QED) is 0.921. The largest absolute Gasteiger partial charge is 0.495 e. The van der Waals surface area contributed by atoms with Crippen molar-refractivity contribution in [2.45, 2.75) is 13.0 Å². The Balaban J connectivity index is 2.29. The van der Waals surface area contributed by atoms with E-state index in [-0.39, 0.29) is 0 Å². The summed E-state index contributed by atoms with van der Waals surface area (Å²) in [6, 6.07) is 3.40. The van der Waals surface area contributed by atoms with Gasteiger partial charge in [-0.1, -0.05) is 23.2 Å². The molecule has 0 bridgehead atoms. The molecule has 5 nitrogen and oxygen atoms in total. The second-order valence-electron chi connectivity index (χ2n) is 4.14. The van der Waals surface area contributed by atoms with E-state index in [9.17, 15) is 0 Å². The lowest BCUT2D eigenvalue weighted by atomic mass is 10.1. The number of nitrogens with two attached hydrogens (primary N) is 1. The zero-order valence-corrected chi connectivity index (χ0v) is 12.7. The van der Waals surface area contributed by atoms with Crippen LogP contribution in [0, 0.1) is 0 Å². The van der Waals surface area contributed by atoms with Crippen molar-refractivity contribution in [2.75, 3.05) is 20.0 Å². The Morgan fingerprint density at radius 1 is 1.20 bits per heavy atom. The molecule has 2 aromatic rings. The molecule has 0 radical (unpaired) electrons. The van der Waals surface area contributed by atoms with Gasteiger partial charge in [0.15, 0.2) is 0 Å². The molecule has 108 valence electrons. The van der Waals surface area contributed by atoms with Crippen LogP contribution in [0.2, 0.25) is 10.0 Å². The Kier molecular flexibility index (Phi) is 4.62. The average molecular weight is 316 g/mol. The lowest BCUT2D eigenvalue weighted by Crippen LogP contribution is -2.05. The molecular formula is C13H15Cl2N3O2. The molecule has 20 heavy (non-hydrogen) atoms. The number of halogens is 2. The highest BCUT2D eigenvalue weighted by atomic mass is 35.5. The van der Waals surface area contributed by atoms with Gasteiger partial charge in [0.25, 0.3) is 0 Å². The molecule has 7 heteroatoms. The summed E-state index contributed by atoms with van der Waals surface area (Å²) in [4.78, 5) is 0. The molecule has 0 fully saturated rings. The van der Waals surface area contributed by atoms with Crippen LogP contribution in [0.15, 0.2) is 18.3 Å². The monoisotopic (exact) mass is 315 g/mol. The van der Waals surface area contributed by atoms with Crippen LogP contribution in [0.3, 0.4) is 0 Å². The number of methoxy groups -OCH3 is 2. The van der Waals surface area contributed by atoms with Crippen LogP contribution < -0.4 is 15.2 Å². The van der Waals surface area contributed by atoms with Crippen molar-refractivity contribution in [3.63, 3.8) is 0 Å². The first-order valence-corrected chi connectivity index (χ1v) is 6.70. The molecule has 0 aliphatic heterocycles. The number of aryl methyl sites for hydroxylation is 1. The second-order valence-corrected chi connectivity index (χ2v) is 4.90. The summed E-state index contributed by atoms with van der Waals surface area (Å²) in [7, 11) is 3.10. The molecule has 1 aromatic heterocycles. The van der Waals surface area contributed by atoms with Crippen LogP contribution in [0.5, 0.6) is 11.5 Å². The van der Waals surface area contributed by atoms with Gasteiger partial charge < -0.3 is 15.2 Å². The molecular weight excluding hydrogens is 301 g/mol. The topological polar surface area (TPSA) is 62.3 Å². The van der Waals surface area contributed by atoms with Crippen molar-refractivity contribution in [2.24, 2.45) is 0 Å². The van der Waals surface area contributed by atoms with Crippen LogP contribution in [0.1, 0.15) is 5.56 Å². The first-order chi connectivity index (χ1) is 9.56. The molecule has 0 aliphatic rings. The standard InChI is InChI=1S/C13H15Cl2N3O2/c1-19-9-7-10(20-2)13(15)8(12(9)14)3-5-18-6-4-11(16)17-18/h4,6-7H,3,5H2,1-2H3,(H2,16,17). The first kappa shape index (κ1) is 14.8. The maximum absolute atomic E-state index is 6.30. The minimum atomic E-state index is 0.477. The highest BCUT2D eigenvalue weighted by molar-refractivity contribution is 6.37. The smallest absolute Gasteiger partial charge is 0.145 e. The zero-order chi connectivity index (χ0) is 14.7. The van der Waals surface area contributed by atoms with Crippen molar-refractivity contribution in [3.8, 4) is 11.5 Å². The Bertz CT molecular complexity index is 586. The number of nitrogens with zero attached hydrogens (tertiary/aromatic N) is 2. The summed E-state index contributed by atoms with van der Waals surface area (Å²) < 4.78 is 12.2. The fraction of sp³-hybridized carbons (Fsp3) is 0.308. The van der Waals surface area contributed by atoms with Crippen LogP contribution in [-0.2, 0) is 13.0 Å². The number of nitrogen functional groups attached to an aromatic ring is 1. The van der Waals surface area contributed by atoms with Crippen LogP contribution in [0.25, 0.3) is 0 Å². The first-order valence-electron chi connectivity index (χ1n) is 5.94. The molecule has 2 rings (SSSR count). The lowest BCUT2D eigenvalue weighted by Gasteiger charge is -2.14. The normalized spacial score (nSPS) is 10.6. The predicted octanol–water partition coefficient (Wildman–Crippen LogP) is 3.03. The number of anilines is 1. The third kappa shape index (κ3) is 2.94. The summed E-state index contributed by atoms with van der Waals surface area (Å²) in [5.74, 6) is 1.54. The Labute approximate surface area is 127 Å². The van der Waals surface area contributed by atoms with Gasteiger partial charge in [-0.15, -0.1) is 0 Å². The van der Waals surface area contributed by atoms with Crippen molar-refractivity contribution in [1.29, 1.82) is 0 Å². The summed E-state index contributed by atoms with van der Waals surface area (Å²) in [6.07, 6.45) is 2.39. The number of ether oxygens (including phenoxy) is 2. The van der Waals surface area contributed by atoms with Crippen molar-refractivity contribution in [3.05, 3.63) is 33.9 Å². The van der Waals surface area contributed by atoms with Gasteiger partial charge in [0, 0.05) is 18.8 Å². The molecule has 0 aliphatic carbocycles. The maximum Gasteiger partial charge on any atom is 0.145 e.